The van der Waals surface area contributed by atoms with E-state index >= 15 is 0 Å². The molecule has 0 saturated heterocycles. The molecular formula is C20H16Cl2O3. The quantitative estimate of drug-likeness (QED) is 0.534. The number of rotatable bonds is 3. The lowest BCUT2D eigenvalue weighted by atomic mass is 9.85. The van der Waals surface area contributed by atoms with Gasteiger partial charge >= 0.3 is 5.97 Å². The first-order chi connectivity index (χ1) is 12.0. The van der Waals surface area contributed by atoms with Crippen LogP contribution >= 0.6 is 23.2 Å². The second-order valence-electron chi connectivity index (χ2n) is 5.76. The lowest BCUT2D eigenvalue weighted by molar-refractivity contribution is 0.0526. The predicted molar refractivity (Wildman–Crippen MR) is 99.5 cm³/mol. The van der Waals surface area contributed by atoms with Crippen LogP contribution in [0.5, 0.6) is 0 Å². The normalized spacial score (nSPS) is 15.2. The van der Waals surface area contributed by atoms with E-state index in [1.165, 1.54) is 0 Å². The van der Waals surface area contributed by atoms with Crippen molar-refractivity contribution < 1.29 is 14.3 Å². The number of fused-ring (bicyclic) bond motifs is 1. The fourth-order valence-electron chi connectivity index (χ4n) is 2.86. The molecule has 0 aromatic heterocycles. The Bertz CT molecular complexity index is 885. The molecule has 0 unspecified atom stereocenters. The summed E-state index contributed by atoms with van der Waals surface area (Å²) >= 11 is 12.1. The number of hydrogen-bond donors (Lipinski definition) is 0. The van der Waals surface area contributed by atoms with Gasteiger partial charge in [0.25, 0.3) is 0 Å². The van der Waals surface area contributed by atoms with Gasteiger partial charge in [-0.25, -0.2) is 4.79 Å². The van der Waals surface area contributed by atoms with Gasteiger partial charge in [0.15, 0.2) is 5.78 Å². The van der Waals surface area contributed by atoms with Crippen LogP contribution in [-0.4, -0.2) is 18.4 Å². The zero-order valence-corrected chi connectivity index (χ0v) is 15.2. The minimum absolute atomic E-state index is 0.0392. The molecule has 0 aliphatic heterocycles. The second kappa shape index (κ2) is 7.42. The van der Waals surface area contributed by atoms with E-state index in [1.807, 2.05) is 6.08 Å². The van der Waals surface area contributed by atoms with Crippen LogP contribution in [0.3, 0.4) is 0 Å². The van der Waals surface area contributed by atoms with Crippen molar-refractivity contribution in [1.82, 2.24) is 0 Å². The lowest BCUT2D eigenvalue weighted by Gasteiger charge is -2.18. The van der Waals surface area contributed by atoms with E-state index in [1.54, 1.807) is 43.3 Å². The molecule has 25 heavy (non-hydrogen) atoms. The summed E-state index contributed by atoms with van der Waals surface area (Å²) in [5.41, 5.74) is 3.42. The summed E-state index contributed by atoms with van der Waals surface area (Å²) in [5.74, 6) is -0.408. The molecule has 3 nitrogen and oxygen atoms in total. The first-order valence-electron chi connectivity index (χ1n) is 8.00. The number of benzene rings is 2. The Balaban J connectivity index is 1.91. The van der Waals surface area contributed by atoms with Crippen LogP contribution in [0.25, 0.3) is 6.08 Å². The molecule has 3 rings (SSSR count). The highest BCUT2D eigenvalue weighted by Crippen LogP contribution is 2.30. The molecule has 1 aliphatic carbocycles. The van der Waals surface area contributed by atoms with E-state index in [0.717, 1.165) is 11.1 Å². The summed E-state index contributed by atoms with van der Waals surface area (Å²) in [6.45, 7) is 2.09. The number of allylic oxidation sites excluding steroid dienone is 1. The third kappa shape index (κ3) is 3.78. The zero-order chi connectivity index (χ0) is 18.0. The monoisotopic (exact) mass is 374 g/mol. The second-order valence-corrected chi connectivity index (χ2v) is 6.60. The van der Waals surface area contributed by atoms with Crippen LogP contribution in [0.4, 0.5) is 0 Å². The molecule has 0 heterocycles. The van der Waals surface area contributed by atoms with E-state index < -0.39 is 0 Å². The van der Waals surface area contributed by atoms with Gasteiger partial charge in [-0.15, -0.1) is 0 Å². The number of ketones is 1. The van der Waals surface area contributed by atoms with Gasteiger partial charge in [-0.3, -0.25) is 4.79 Å². The number of carbonyl (C=O) groups is 2. The Hall–Kier alpha value is -2.10. The van der Waals surface area contributed by atoms with Crippen molar-refractivity contribution in [2.75, 3.05) is 6.61 Å². The summed E-state index contributed by atoms with van der Waals surface area (Å²) in [6.07, 6.45) is 3.09. The molecule has 0 atom stereocenters. The van der Waals surface area contributed by atoms with E-state index in [0.29, 0.717) is 46.2 Å². The molecule has 5 heteroatoms. The van der Waals surface area contributed by atoms with E-state index in [4.69, 9.17) is 27.9 Å². The smallest absolute Gasteiger partial charge is 0.338 e. The number of aryl methyl sites for hydroxylation is 1. The molecule has 0 bridgehead atoms. The third-order valence-electron chi connectivity index (χ3n) is 4.11. The number of esters is 1. The average molecular weight is 375 g/mol. The molecular weight excluding hydrogens is 359 g/mol. The highest BCUT2D eigenvalue weighted by Gasteiger charge is 2.23. The van der Waals surface area contributed by atoms with Gasteiger partial charge < -0.3 is 4.74 Å². The van der Waals surface area contributed by atoms with Crippen molar-refractivity contribution in [1.29, 1.82) is 0 Å². The minimum Gasteiger partial charge on any atom is -0.462 e. The van der Waals surface area contributed by atoms with Crippen molar-refractivity contribution in [3.05, 3.63) is 74.3 Å². The van der Waals surface area contributed by atoms with Crippen LogP contribution in [0.2, 0.25) is 10.0 Å². The standard InChI is InChI=1S/C20H16Cl2O3/c1-2-25-20(24)15-6-8-17-12(9-15)3-4-14(19(17)23)10-13-5-7-16(21)11-18(13)22/h5-11H,2-4H2,1H3/b14-10+. The number of Topliss-reactive ketones (excluding diaryl/α,β-unsaturated/α-hetero) is 1. The topological polar surface area (TPSA) is 43.4 Å². The molecule has 0 radical (unpaired) electrons. The molecule has 1 aliphatic rings. The maximum atomic E-state index is 12.8. The molecule has 2 aromatic rings. The zero-order valence-electron chi connectivity index (χ0n) is 13.6. The van der Waals surface area contributed by atoms with Gasteiger partial charge in [0.2, 0.25) is 0 Å². The van der Waals surface area contributed by atoms with Crippen LogP contribution in [-0.2, 0) is 11.2 Å². The van der Waals surface area contributed by atoms with Gasteiger partial charge in [0.1, 0.15) is 0 Å². The van der Waals surface area contributed by atoms with Crippen LogP contribution in [0.1, 0.15) is 45.2 Å². The molecule has 128 valence electrons. The summed E-state index contributed by atoms with van der Waals surface area (Å²) < 4.78 is 5.01. The van der Waals surface area contributed by atoms with Gasteiger partial charge in [-0.2, -0.15) is 0 Å². The molecule has 0 spiro atoms. The summed E-state index contributed by atoms with van der Waals surface area (Å²) in [7, 11) is 0. The van der Waals surface area contributed by atoms with Gasteiger partial charge in [-0.05, 0) is 67.3 Å². The first kappa shape index (κ1) is 17.7. The minimum atomic E-state index is -0.368. The Kier molecular flexibility index (Phi) is 5.26. The van der Waals surface area contributed by atoms with Crippen molar-refractivity contribution in [2.45, 2.75) is 19.8 Å². The Morgan fingerprint density at radius 1 is 1.16 bits per heavy atom. The first-order valence-corrected chi connectivity index (χ1v) is 8.75. The molecule has 0 amide bonds. The van der Waals surface area contributed by atoms with Gasteiger partial charge in [-0.1, -0.05) is 29.3 Å². The lowest BCUT2D eigenvalue weighted by Crippen LogP contribution is -2.15. The maximum Gasteiger partial charge on any atom is 0.338 e. The number of halogens is 2. The fraction of sp³-hybridized carbons (Fsp3) is 0.200. The highest BCUT2D eigenvalue weighted by atomic mass is 35.5. The summed E-state index contributed by atoms with van der Waals surface area (Å²) in [6, 6.07) is 10.3. The van der Waals surface area contributed by atoms with Crippen LogP contribution in [0, 0.1) is 0 Å². The number of carbonyl (C=O) groups excluding carboxylic acids is 2. The Labute approximate surface area is 156 Å². The van der Waals surface area contributed by atoms with Crippen molar-refractivity contribution in [3.63, 3.8) is 0 Å². The van der Waals surface area contributed by atoms with E-state index in [9.17, 15) is 9.59 Å². The van der Waals surface area contributed by atoms with Crippen LogP contribution in [0.15, 0.2) is 42.0 Å². The third-order valence-corrected chi connectivity index (χ3v) is 4.67. The summed E-state index contributed by atoms with van der Waals surface area (Å²) in [5, 5.41) is 1.07. The molecule has 2 aromatic carbocycles. The summed E-state index contributed by atoms with van der Waals surface area (Å²) in [4.78, 5) is 24.6. The predicted octanol–water partition coefficient (Wildman–Crippen LogP) is 5.38. The number of hydrogen-bond acceptors (Lipinski definition) is 3. The van der Waals surface area contributed by atoms with Gasteiger partial charge in [0.05, 0.1) is 12.2 Å². The SMILES string of the molecule is CCOC(=O)c1ccc2c(c1)CC/C(=C\c1ccc(Cl)cc1Cl)C2=O. The Morgan fingerprint density at radius 3 is 2.68 bits per heavy atom. The van der Waals surface area contributed by atoms with Crippen LogP contribution < -0.4 is 0 Å². The van der Waals surface area contributed by atoms with Crippen molar-refractivity contribution in [3.8, 4) is 0 Å². The average Bonchev–Trinajstić information content (AvgIpc) is 2.59. The Morgan fingerprint density at radius 2 is 1.96 bits per heavy atom. The maximum absolute atomic E-state index is 12.8. The molecule has 0 saturated carbocycles. The van der Waals surface area contributed by atoms with E-state index in [2.05, 4.69) is 0 Å². The largest absolute Gasteiger partial charge is 0.462 e. The van der Waals surface area contributed by atoms with E-state index in [-0.39, 0.29) is 11.8 Å². The fourth-order valence-corrected chi connectivity index (χ4v) is 3.33. The molecule has 0 fully saturated rings. The highest BCUT2D eigenvalue weighted by molar-refractivity contribution is 6.35. The van der Waals surface area contributed by atoms with Gasteiger partial charge in [0, 0.05) is 21.2 Å². The van der Waals surface area contributed by atoms with Crippen molar-refractivity contribution in [2.24, 2.45) is 0 Å². The molecule has 0 N–H and O–H groups in total. The number of ether oxygens (including phenoxy) is 1. The van der Waals surface area contributed by atoms with Crippen molar-refractivity contribution >= 4 is 41.0 Å².